The van der Waals surface area contributed by atoms with Crippen LogP contribution in [0.3, 0.4) is 0 Å². The maximum absolute atomic E-state index is 3.98. The van der Waals surface area contributed by atoms with Crippen molar-refractivity contribution in [2.24, 2.45) is 0 Å². The van der Waals surface area contributed by atoms with Crippen LogP contribution in [0.15, 0.2) is 36.9 Å². The van der Waals surface area contributed by atoms with Crippen molar-refractivity contribution in [1.29, 1.82) is 0 Å². The first-order chi connectivity index (χ1) is 7.09. The molecule has 0 N–H and O–H groups in total. The summed E-state index contributed by atoms with van der Waals surface area (Å²) in [6.07, 6.45) is 0. The number of allylic oxidation sites excluding steroid dienone is 1. The summed E-state index contributed by atoms with van der Waals surface area (Å²) in [4.78, 5) is 0. The van der Waals surface area contributed by atoms with Crippen LogP contribution in [-0.2, 0) is 0 Å². The summed E-state index contributed by atoms with van der Waals surface area (Å²) < 4.78 is 0. The molecule has 0 aromatic heterocycles. The quantitative estimate of drug-likeness (QED) is 0.630. The Kier molecular flexibility index (Phi) is 2.36. The molecular weight excluding hydrogens is 180 g/mol. The highest BCUT2D eigenvalue weighted by Crippen LogP contribution is 2.25. The van der Waals surface area contributed by atoms with Crippen molar-refractivity contribution in [3.8, 4) is 0 Å². The van der Waals surface area contributed by atoms with Gasteiger partial charge in [-0.05, 0) is 54.3 Å². The average Bonchev–Trinajstić information content (AvgIpc) is 2.23. The molecule has 0 saturated carbocycles. The SMILES string of the molecule is C=C(C)c1ccc2c(C)ccc(C)c2c1. The topological polar surface area (TPSA) is 0 Å². The Labute approximate surface area is 91.2 Å². The molecule has 0 atom stereocenters. The molecular formula is C15H16. The molecule has 0 amide bonds. The highest BCUT2D eigenvalue weighted by molar-refractivity contribution is 5.90. The summed E-state index contributed by atoms with van der Waals surface area (Å²) in [5.74, 6) is 0. The molecule has 0 unspecified atom stereocenters. The normalized spacial score (nSPS) is 10.6. The van der Waals surface area contributed by atoms with Crippen molar-refractivity contribution in [2.75, 3.05) is 0 Å². The molecule has 0 radical (unpaired) electrons. The largest absolute Gasteiger partial charge is 0.0955 e. The highest BCUT2D eigenvalue weighted by Gasteiger charge is 2.02. The van der Waals surface area contributed by atoms with Crippen molar-refractivity contribution in [2.45, 2.75) is 20.8 Å². The minimum Gasteiger partial charge on any atom is -0.0955 e. The van der Waals surface area contributed by atoms with E-state index in [-0.39, 0.29) is 0 Å². The second kappa shape index (κ2) is 3.54. The van der Waals surface area contributed by atoms with Gasteiger partial charge in [0.2, 0.25) is 0 Å². The number of rotatable bonds is 1. The molecule has 0 aliphatic rings. The predicted molar refractivity (Wildman–Crippen MR) is 68.1 cm³/mol. The van der Waals surface area contributed by atoms with Gasteiger partial charge >= 0.3 is 0 Å². The van der Waals surface area contributed by atoms with Crippen LogP contribution in [-0.4, -0.2) is 0 Å². The van der Waals surface area contributed by atoms with Crippen LogP contribution in [0.1, 0.15) is 23.6 Å². The third-order valence-corrected chi connectivity index (χ3v) is 2.95. The van der Waals surface area contributed by atoms with Crippen LogP contribution >= 0.6 is 0 Å². The van der Waals surface area contributed by atoms with E-state index in [4.69, 9.17) is 0 Å². The third-order valence-electron chi connectivity index (χ3n) is 2.95. The van der Waals surface area contributed by atoms with Gasteiger partial charge in [-0.2, -0.15) is 0 Å². The van der Waals surface area contributed by atoms with Crippen molar-refractivity contribution in [3.05, 3.63) is 53.6 Å². The Balaban J connectivity index is 2.81. The van der Waals surface area contributed by atoms with Gasteiger partial charge in [-0.15, -0.1) is 0 Å². The van der Waals surface area contributed by atoms with E-state index in [9.17, 15) is 0 Å². The van der Waals surface area contributed by atoms with E-state index in [1.54, 1.807) is 0 Å². The van der Waals surface area contributed by atoms with E-state index in [0.717, 1.165) is 5.57 Å². The van der Waals surface area contributed by atoms with Gasteiger partial charge in [-0.3, -0.25) is 0 Å². The van der Waals surface area contributed by atoms with Gasteiger partial charge in [0.05, 0.1) is 0 Å². The molecule has 0 nitrogen and oxygen atoms in total. The van der Waals surface area contributed by atoms with Gasteiger partial charge in [-0.25, -0.2) is 0 Å². The molecule has 15 heavy (non-hydrogen) atoms. The zero-order chi connectivity index (χ0) is 11.0. The highest BCUT2D eigenvalue weighted by atomic mass is 14.1. The molecule has 0 heteroatoms. The fourth-order valence-corrected chi connectivity index (χ4v) is 1.91. The summed E-state index contributed by atoms with van der Waals surface area (Å²) in [7, 11) is 0. The Morgan fingerprint density at radius 1 is 0.933 bits per heavy atom. The molecule has 0 bridgehead atoms. The zero-order valence-electron chi connectivity index (χ0n) is 9.59. The maximum Gasteiger partial charge on any atom is -0.0146 e. The van der Waals surface area contributed by atoms with Gasteiger partial charge in [-0.1, -0.05) is 36.4 Å². The van der Waals surface area contributed by atoms with Gasteiger partial charge in [0, 0.05) is 0 Å². The first kappa shape index (κ1) is 9.97. The predicted octanol–water partition coefficient (Wildman–Crippen LogP) is 4.49. The lowest BCUT2D eigenvalue weighted by Gasteiger charge is -2.08. The lowest BCUT2D eigenvalue weighted by atomic mass is 9.97. The minimum absolute atomic E-state index is 1.12. The first-order valence-electron chi connectivity index (χ1n) is 5.25. The molecule has 2 aromatic carbocycles. The second-order valence-electron chi connectivity index (χ2n) is 4.24. The standard InChI is InChI=1S/C15H16/c1-10(2)13-7-8-14-11(3)5-6-12(4)15(14)9-13/h5-9H,1H2,2-4H3. The van der Waals surface area contributed by atoms with Crippen LogP contribution in [0.4, 0.5) is 0 Å². The molecule has 0 spiro atoms. The Morgan fingerprint density at radius 2 is 1.53 bits per heavy atom. The molecule has 0 aliphatic heterocycles. The monoisotopic (exact) mass is 196 g/mol. The average molecular weight is 196 g/mol. The summed E-state index contributed by atoms with van der Waals surface area (Å²) >= 11 is 0. The van der Waals surface area contributed by atoms with E-state index in [1.807, 2.05) is 6.92 Å². The molecule has 2 rings (SSSR count). The summed E-state index contributed by atoms with van der Waals surface area (Å²) in [6, 6.07) is 10.9. The number of hydrogen-bond acceptors (Lipinski definition) is 0. The zero-order valence-corrected chi connectivity index (χ0v) is 9.59. The Hall–Kier alpha value is -1.56. The Bertz CT molecular complexity index is 533. The molecule has 76 valence electrons. The van der Waals surface area contributed by atoms with E-state index in [0.29, 0.717) is 0 Å². The van der Waals surface area contributed by atoms with Gasteiger partial charge in [0.1, 0.15) is 0 Å². The third kappa shape index (κ3) is 1.68. The summed E-state index contributed by atoms with van der Waals surface area (Å²) in [5.41, 5.74) is 5.02. The summed E-state index contributed by atoms with van der Waals surface area (Å²) in [5, 5.41) is 2.69. The fraction of sp³-hybridized carbons (Fsp3) is 0.200. The van der Waals surface area contributed by atoms with Crippen molar-refractivity contribution in [1.82, 2.24) is 0 Å². The van der Waals surface area contributed by atoms with Gasteiger partial charge in [0.15, 0.2) is 0 Å². The molecule has 2 aromatic rings. The molecule has 0 saturated heterocycles. The fourth-order valence-electron chi connectivity index (χ4n) is 1.91. The van der Waals surface area contributed by atoms with Gasteiger partial charge in [0.25, 0.3) is 0 Å². The summed E-state index contributed by atoms with van der Waals surface area (Å²) in [6.45, 7) is 10.3. The van der Waals surface area contributed by atoms with Gasteiger partial charge < -0.3 is 0 Å². The number of aryl methyl sites for hydroxylation is 2. The van der Waals surface area contributed by atoms with Crippen molar-refractivity contribution < 1.29 is 0 Å². The van der Waals surface area contributed by atoms with E-state index >= 15 is 0 Å². The Morgan fingerprint density at radius 3 is 2.13 bits per heavy atom. The van der Waals surface area contributed by atoms with Crippen LogP contribution in [0.25, 0.3) is 16.3 Å². The lowest BCUT2D eigenvalue weighted by Crippen LogP contribution is -1.85. The second-order valence-corrected chi connectivity index (χ2v) is 4.24. The van der Waals surface area contributed by atoms with Crippen LogP contribution in [0, 0.1) is 13.8 Å². The number of fused-ring (bicyclic) bond motifs is 1. The lowest BCUT2D eigenvalue weighted by molar-refractivity contribution is 1.45. The molecule has 0 aliphatic carbocycles. The maximum atomic E-state index is 3.98. The van der Waals surface area contributed by atoms with E-state index in [1.165, 1.54) is 27.5 Å². The van der Waals surface area contributed by atoms with Crippen molar-refractivity contribution in [3.63, 3.8) is 0 Å². The first-order valence-corrected chi connectivity index (χ1v) is 5.25. The number of hydrogen-bond donors (Lipinski definition) is 0. The van der Waals surface area contributed by atoms with E-state index < -0.39 is 0 Å². The van der Waals surface area contributed by atoms with Crippen molar-refractivity contribution >= 4 is 16.3 Å². The van der Waals surface area contributed by atoms with E-state index in [2.05, 4.69) is 50.8 Å². The van der Waals surface area contributed by atoms with Crippen LogP contribution in [0.2, 0.25) is 0 Å². The number of benzene rings is 2. The molecule has 0 fully saturated rings. The van der Waals surface area contributed by atoms with Crippen LogP contribution < -0.4 is 0 Å². The van der Waals surface area contributed by atoms with Crippen LogP contribution in [0.5, 0.6) is 0 Å². The minimum atomic E-state index is 1.12. The smallest absolute Gasteiger partial charge is 0.0146 e. The molecule has 0 heterocycles.